The Morgan fingerprint density at radius 3 is 2.35 bits per heavy atom. The number of aromatic nitrogens is 2. The van der Waals surface area contributed by atoms with Crippen LogP contribution in [0.25, 0.3) is 11.3 Å². The van der Waals surface area contributed by atoms with Gasteiger partial charge in [0, 0.05) is 12.1 Å². The van der Waals surface area contributed by atoms with Crippen molar-refractivity contribution in [3.63, 3.8) is 0 Å². The highest BCUT2D eigenvalue weighted by molar-refractivity contribution is 6.31. The average Bonchev–Trinajstić information content (AvgIpc) is 3.11. The third-order valence-corrected chi connectivity index (χ3v) is 5.69. The molecule has 0 aliphatic carbocycles. The van der Waals surface area contributed by atoms with Gasteiger partial charge in [0.1, 0.15) is 17.3 Å². The van der Waals surface area contributed by atoms with Gasteiger partial charge in [0.15, 0.2) is 0 Å². The van der Waals surface area contributed by atoms with E-state index in [-0.39, 0.29) is 40.2 Å². The topological polar surface area (TPSA) is 81.2 Å². The molecule has 1 aliphatic heterocycles. The third-order valence-electron chi connectivity index (χ3n) is 5.11. The van der Waals surface area contributed by atoms with Crippen LogP contribution < -0.4 is 5.73 Å². The Balaban J connectivity index is 1.63. The van der Waals surface area contributed by atoms with Gasteiger partial charge in [-0.1, -0.05) is 29.3 Å². The zero-order valence-corrected chi connectivity index (χ0v) is 17.6. The van der Waals surface area contributed by atoms with Crippen molar-refractivity contribution in [1.82, 2.24) is 14.7 Å². The first-order valence-electron chi connectivity index (χ1n) is 9.31. The van der Waals surface area contributed by atoms with Gasteiger partial charge < -0.3 is 10.6 Å². The molecule has 0 radical (unpaired) electrons. The summed E-state index contributed by atoms with van der Waals surface area (Å²) in [6.07, 6.45) is 0.0282. The summed E-state index contributed by atoms with van der Waals surface area (Å²) in [5.41, 5.74) is 7.56. The zero-order valence-electron chi connectivity index (χ0n) is 16.0. The monoisotopic (exact) mass is 464 g/mol. The van der Waals surface area contributed by atoms with Crippen LogP contribution in [0.3, 0.4) is 0 Å². The van der Waals surface area contributed by atoms with Crippen LogP contribution in [0.15, 0.2) is 36.4 Å². The van der Waals surface area contributed by atoms with Crippen LogP contribution in [0.2, 0.25) is 10.0 Å². The molecular formula is C21H16Cl2F2N4O2. The number of hydrogen-bond donors (Lipinski definition) is 1. The Morgan fingerprint density at radius 2 is 1.71 bits per heavy atom. The van der Waals surface area contributed by atoms with E-state index in [2.05, 4.69) is 5.10 Å². The Kier molecular flexibility index (Phi) is 5.68. The summed E-state index contributed by atoms with van der Waals surface area (Å²) in [4.78, 5) is 26.6. The van der Waals surface area contributed by atoms with Gasteiger partial charge in [-0.3, -0.25) is 14.3 Å². The van der Waals surface area contributed by atoms with Crippen molar-refractivity contribution in [2.24, 2.45) is 5.73 Å². The first-order valence-corrected chi connectivity index (χ1v) is 10.1. The van der Waals surface area contributed by atoms with Gasteiger partial charge in [-0.2, -0.15) is 5.10 Å². The zero-order chi connectivity index (χ0) is 22.3. The van der Waals surface area contributed by atoms with Crippen molar-refractivity contribution in [2.45, 2.75) is 19.5 Å². The number of carbonyl (C=O) groups is 2. The van der Waals surface area contributed by atoms with Crippen molar-refractivity contribution < 1.29 is 18.4 Å². The Hall–Kier alpha value is -2.97. The molecule has 0 spiro atoms. The highest BCUT2D eigenvalue weighted by Crippen LogP contribution is 2.31. The minimum atomic E-state index is -0.712. The van der Waals surface area contributed by atoms with Gasteiger partial charge in [-0.25, -0.2) is 8.78 Å². The molecule has 1 aromatic heterocycles. The minimum absolute atomic E-state index is 0.0282. The van der Waals surface area contributed by atoms with Gasteiger partial charge in [0.25, 0.3) is 5.91 Å². The predicted octanol–water partition coefficient (Wildman–Crippen LogP) is 3.82. The maximum absolute atomic E-state index is 13.5. The molecule has 0 atom stereocenters. The number of carbonyl (C=O) groups excluding carboxylic acids is 2. The number of rotatable bonds is 4. The number of halogens is 4. The van der Waals surface area contributed by atoms with Crippen LogP contribution in [0.5, 0.6) is 0 Å². The molecule has 0 fully saturated rings. The van der Waals surface area contributed by atoms with Crippen molar-refractivity contribution in [2.75, 3.05) is 6.54 Å². The molecule has 0 saturated heterocycles. The van der Waals surface area contributed by atoms with E-state index >= 15 is 0 Å². The van der Waals surface area contributed by atoms with E-state index in [4.69, 9.17) is 28.9 Å². The van der Waals surface area contributed by atoms with Crippen LogP contribution in [-0.4, -0.2) is 33.0 Å². The maximum atomic E-state index is 13.5. The Labute approximate surface area is 186 Å². The molecule has 1 aliphatic rings. The summed E-state index contributed by atoms with van der Waals surface area (Å²) in [5, 5.41) is 4.29. The highest BCUT2D eigenvalue weighted by atomic mass is 35.5. The molecule has 4 rings (SSSR count). The van der Waals surface area contributed by atoms with Gasteiger partial charge >= 0.3 is 0 Å². The van der Waals surface area contributed by atoms with Gasteiger partial charge in [0.2, 0.25) is 5.91 Å². The van der Waals surface area contributed by atoms with E-state index in [1.54, 1.807) is 9.58 Å². The summed E-state index contributed by atoms with van der Waals surface area (Å²) in [6.45, 7) is 0.832. The number of nitrogens with two attached hydrogens (primary N) is 1. The number of benzene rings is 2. The average molecular weight is 465 g/mol. The molecule has 0 bridgehead atoms. The summed E-state index contributed by atoms with van der Waals surface area (Å²) in [6, 6.07) is 8.14. The van der Waals surface area contributed by atoms with E-state index in [0.29, 0.717) is 29.9 Å². The predicted molar refractivity (Wildman–Crippen MR) is 112 cm³/mol. The normalized spacial score (nSPS) is 13.2. The van der Waals surface area contributed by atoms with Gasteiger partial charge in [0.05, 0.1) is 40.8 Å². The molecule has 31 heavy (non-hydrogen) atoms. The molecule has 6 nitrogen and oxygen atoms in total. The highest BCUT2D eigenvalue weighted by Gasteiger charge is 2.29. The van der Waals surface area contributed by atoms with Crippen molar-refractivity contribution in [1.29, 1.82) is 0 Å². The van der Waals surface area contributed by atoms with E-state index in [1.807, 2.05) is 0 Å². The van der Waals surface area contributed by atoms with Crippen LogP contribution in [-0.2, 0) is 24.3 Å². The fraction of sp³-hybridized carbons (Fsp3) is 0.190. The van der Waals surface area contributed by atoms with Crippen molar-refractivity contribution in [3.05, 3.63) is 74.9 Å². The van der Waals surface area contributed by atoms with Crippen molar-refractivity contribution >= 4 is 35.0 Å². The number of nitrogens with zero attached hydrogens (tertiary/aromatic N) is 3. The molecule has 2 aromatic carbocycles. The fourth-order valence-electron chi connectivity index (χ4n) is 3.57. The Bertz CT molecular complexity index is 1210. The minimum Gasteiger partial charge on any atom is -0.365 e. The fourth-order valence-corrected chi connectivity index (χ4v) is 3.95. The van der Waals surface area contributed by atoms with E-state index < -0.39 is 17.5 Å². The number of primary amides is 1. The molecule has 10 heteroatoms. The first-order chi connectivity index (χ1) is 14.7. The summed E-state index contributed by atoms with van der Waals surface area (Å²) in [7, 11) is 0. The van der Waals surface area contributed by atoms with E-state index in [9.17, 15) is 18.4 Å². The van der Waals surface area contributed by atoms with Crippen LogP contribution in [0, 0.1) is 11.6 Å². The summed E-state index contributed by atoms with van der Waals surface area (Å²) < 4.78 is 28.5. The number of hydrogen-bond acceptors (Lipinski definition) is 3. The molecule has 3 aromatic rings. The summed E-state index contributed by atoms with van der Waals surface area (Å²) >= 11 is 11.7. The Morgan fingerprint density at radius 1 is 1.03 bits per heavy atom. The lowest BCUT2D eigenvalue weighted by molar-refractivity contribution is -0.132. The van der Waals surface area contributed by atoms with Gasteiger partial charge in [-0.05, 0) is 35.9 Å². The molecule has 2 N–H and O–H groups in total. The first kappa shape index (κ1) is 21.3. The maximum Gasteiger partial charge on any atom is 0.252 e. The number of fused-ring (bicyclic) bond motifs is 1. The summed E-state index contributed by atoms with van der Waals surface area (Å²) in [5.74, 6) is -2.07. The SMILES string of the molecule is NC(=O)c1c(-c2ccc(F)c(Cl)c2)nn2c1CN(C(=O)Cc1ccc(F)c(Cl)c1)CC2. The second kappa shape index (κ2) is 8.28. The lowest BCUT2D eigenvalue weighted by Crippen LogP contribution is -2.40. The van der Waals surface area contributed by atoms with Crippen LogP contribution in [0.4, 0.5) is 8.78 Å². The second-order valence-corrected chi connectivity index (χ2v) is 7.94. The number of amides is 2. The molecule has 0 saturated carbocycles. The smallest absolute Gasteiger partial charge is 0.252 e. The molecular weight excluding hydrogens is 449 g/mol. The largest absolute Gasteiger partial charge is 0.365 e. The quantitative estimate of drug-likeness (QED) is 0.636. The standard InChI is InChI=1S/C21H16Cl2F2N4O2/c22-13-7-11(1-3-15(13)24)8-18(30)28-5-6-29-17(10-28)19(21(26)31)20(27-29)12-2-4-16(25)14(23)9-12/h1-4,7,9H,5-6,8,10H2,(H2,26,31). The lowest BCUT2D eigenvalue weighted by atomic mass is 10.0. The van der Waals surface area contributed by atoms with E-state index in [0.717, 1.165) is 0 Å². The molecule has 2 heterocycles. The van der Waals surface area contributed by atoms with Crippen LogP contribution in [0.1, 0.15) is 21.6 Å². The molecule has 2 amide bonds. The van der Waals surface area contributed by atoms with Gasteiger partial charge in [-0.15, -0.1) is 0 Å². The van der Waals surface area contributed by atoms with Crippen LogP contribution >= 0.6 is 23.2 Å². The third kappa shape index (κ3) is 4.13. The second-order valence-electron chi connectivity index (χ2n) is 7.13. The lowest BCUT2D eigenvalue weighted by Gasteiger charge is -2.28. The molecule has 0 unspecified atom stereocenters. The molecule has 160 valence electrons. The van der Waals surface area contributed by atoms with Crippen molar-refractivity contribution in [3.8, 4) is 11.3 Å². The van der Waals surface area contributed by atoms with E-state index in [1.165, 1.54) is 36.4 Å².